The van der Waals surface area contributed by atoms with Gasteiger partial charge in [0.25, 0.3) is 0 Å². The van der Waals surface area contributed by atoms with Crippen molar-refractivity contribution in [2.75, 3.05) is 4.72 Å². The lowest BCUT2D eigenvalue weighted by Gasteiger charge is -2.08. The van der Waals surface area contributed by atoms with Crippen molar-refractivity contribution < 1.29 is 8.42 Å². The summed E-state index contributed by atoms with van der Waals surface area (Å²) in [6, 6.07) is 6.80. The highest BCUT2D eigenvalue weighted by atomic mass is 32.2. The second-order valence-electron chi connectivity index (χ2n) is 4.05. The summed E-state index contributed by atoms with van der Waals surface area (Å²) in [5.41, 5.74) is 7.07. The molecule has 0 atom stereocenters. The predicted molar refractivity (Wildman–Crippen MR) is 80.6 cm³/mol. The standard InChI is InChI=1S/C12H12N4O2S2/c13-12(19)10-3-1-2-9(4-10)7-20(17,18)16-11-5-14-8-15-6-11/h1-6,8,16H,7H2,(H2,13,19). The first kappa shape index (κ1) is 14.4. The summed E-state index contributed by atoms with van der Waals surface area (Å²) in [5, 5.41) is 0. The molecule has 6 nitrogen and oxygen atoms in total. The summed E-state index contributed by atoms with van der Waals surface area (Å²) in [7, 11) is -3.54. The Balaban J connectivity index is 2.16. The van der Waals surface area contributed by atoms with Crippen molar-refractivity contribution in [3.8, 4) is 0 Å². The van der Waals surface area contributed by atoms with E-state index in [-0.39, 0.29) is 10.7 Å². The minimum absolute atomic E-state index is 0.182. The number of sulfonamides is 1. The maximum absolute atomic E-state index is 12.0. The highest BCUT2D eigenvalue weighted by Gasteiger charge is 2.12. The fourth-order valence-electron chi connectivity index (χ4n) is 1.60. The van der Waals surface area contributed by atoms with Gasteiger partial charge in [0.15, 0.2) is 0 Å². The fourth-order valence-corrected chi connectivity index (χ4v) is 2.88. The van der Waals surface area contributed by atoms with Crippen molar-refractivity contribution in [3.05, 3.63) is 54.1 Å². The molecular weight excluding hydrogens is 296 g/mol. The van der Waals surface area contributed by atoms with Gasteiger partial charge >= 0.3 is 0 Å². The van der Waals surface area contributed by atoms with Gasteiger partial charge in [0.05, 0.1) is 23.8 Å². The van der Waals surface area contributed by atoms with E-state index in [9.17, 15) is 8.42 Å². The van der Waals surface area contributed by atoms with E-state index in [1.54, 1.807) is 24.3 Å². The molecule has 1 aromatic heterocycles. The topological polar surface area (TPSA) is 98.0 Å². The first-order valence-corrected chi connectivity index (χ1v) is 7.66. The van der Waals surface area contributed by atoms with Crippen LogP contribution in [0.25, 0.3) is 0 Å². The molecule has 0 radical (unpaired) electrons. The summed E-state index contributed by atoms with van der Waals surface area (Å²) in [6.07, 6.45) is 4.09. The van der Waals surface area contributed by atoms with Gasteiger partial charge in [-0.15, -0.1) is 0 Å². The second kappa shape index (κ2) is 5.93. The van der Waals surface area contributed by atoms with Crippen LogP contribution in [0.1, 0.15) is 11.1 Å². The quantitative estimate of drug-likeness (QED) is 0.801. The van der Waals surface area contributed by atoms with E-state index in [1.807, 2.05) is 0 Å². The van der Waals surface area contributed by atoms with Crippen molar-refractivity contribution >= 4 is 32.9 Å². The number of thiocarbonyl (C=S) groups is 1. The molecule has 0 saturated carbocycles. The Kier molecular flexibility index (Phi) is 4.26. The Hall–Kier alpha value is -2.06. The predicted octanol–water partition coefficient (Wildman–Crippen LogP) is 1.05. The fraction of sp³-hybridized carbons (Fsp3) is 0.0833. The molecule has 0 aliphatic heterocycles. The molecule has 0 fully saturated rings. The number of aromatic nitrogens is 2. The van der Waals surface area contributed by atoms with Gasteiger partial charge in [0.2, 0.25) is 10.0 Å². The van der Waals surface area contributed by atoms with E-state index in [1.165, 1.54) is 18.7 Å². The van der Waals surface area contributed by atoms with Crippen molar-refractivity contribution in [2.24, 2.45) is 5.73 Å². The molecule has 8 heteroatoms. The van der Waals surface area contributed by atoms with Crippen molar-refractivity contribution in [3.63, 3.8) is 0 Å². The van der Waals surface area contributed by atoms with Crippen molar-refractivity contribution in [1.82, 2.24) is 9.97 Å². The zero-order valence-corrected chi connectivity index (χ0v) is 12.0. The Labute approximate surface area is 122 Å². The van der Waals surface area contributed by atoms with Crippen LogP contribution in [0.15, 0.2) is 43.0 Å². The maximum Gasteiger partial charge on any atom is 0.237 e. The molecule has 1 heterocycles. The Morgan fingerprint density at radius 3 is 2.65 bits per heavy atom. The number of hydrogen-bond acceptors (Lipinski definition) is 5. The number of benzene rings is 1. The lowest BCUT2D eigenvalue weighted by atomic mass is 10.1. The van der Waals surface area contributed by atoms with Gasteiger partial charge in [-0.05, 0) is 11.6 Å². The molecule has 3 N–H and O–H groups in total. The van der Waals surface area contributed by atoms with E-state index in [0.29, 0.717) is 16.8 Å². The monoisotopic (exact) mass is 308 g/mol. The summed E-state index contributed by atoms with van der Waals surface area (Å²) in [4.78, 5) is 7.71. The highest BCUT2D eigenvalue weighted by molar-refractivity contribution is 7.91. The zero-order valence-electron chi connectivity index (χ0n) is 10.4. The third kappa shape index (κ3) is 3.97. The van der Waals surface area contributed by atoms with Crippen molar-refractivity contribution in [1.29, 1.82) is 0 Å². The molecule has 0 saturated heterocycles. The van der Waals surface area contributed by atoms with Gasteiger partial charge in [-0.3, -0.25) is 4.72 Å². The molecule has 0 spiro atoms. The first-order valence-electron chi connectivity index (χ1n) is 5.60. The van der Waals surface area contributed by atoms with Crippen LogP contribution in [0.4, 0.5) is 5.69 Å². The van der Waals surface area contributed by atoms with Crippen LogP contribution in [0.5, 0.6) is 0 Å². The summed E-state index contributed by atoms with van der Waals surface area (Å²) in [6.45, 7) is 0. The lowest BCUT2D eigenvalue weighted by Crippen LogP contribution is -2.16. The minimum atomic E-state index is -3.54. The van der Waals surface area contributed by atoms with Gasteiger partial charge in [-0.1, -0.05) is 30.4 Å². The van der Waals surface area contributed by atoms with Gasteiger partial charge in [0.1, 0.15) is 11.3 Å². The van der Waals surface area contributed by atoms with E-state index in [0.717, 1.165) is 0 Å². The Bertz CT molecular complexity index is 717. The normalized spacial score (nSPS) is 11.0. The number of nitrogens with two attached hydrogens (primary N) is 1. The van der Waals surface area contributed by atoms with E-state index >= 15 is 0 Å². The zero-order chi connectivity index (χ0) is 14.6. The molecule has 1 aromatic carbocycles. The summed E-state index contributed by atoms with van der Waals surface area (Å²) < 4.78 is 26.4. The molecule has 2 aromatic rings. The molecule has 104 valence electrons. The molecule has 0 bridgehead atoms. The van der Waals surface area contributed by atoms with Crippen LogP contribution in [0, 0.1) is 0 Å². The maximum atomic E-state index is 12.0. The SMILES string of the molecule is NC(=S)c1cccc(CS(=O)(=O)Nc2cncnc2)c1. The van der Waals surface area contributed by atoms with E-state index in [2.05, 4.69) is 14.7 Å². The molecular formula is C12H12N4O2S2. The van der Waals surface area contributed by atoms with Crippen LogP contribution in [0.2, 0.25) is 0 Å². The van der Waals surface area contributed by atoms with Crippen LogP contribution < -0.4 is 10.5 Å². The van der Waals surface area contributed by atoms with Crippen LogP contribution in [-0.4, -0.2) is 23.4 Å². The number of rotatable bonds is 5. The van der Waals surface area contributed by atoms with Gasteiger partial charge in [0, 0.05) is 5.56 Å². The molecule has 0 aliphatic carbocycles. The number of hydrogen-bond donors (Lipinski definition) is 2. The number of anilines is 1. The highest BCUT2D eigenvalue weighted by Crippen LogP contribution is 2.12. The summed E-state index contributed by atoms with van der Waals surface area (Å²) >= 11 is 4.86. The van der Waals surface area contributed by atoms with Crippen LogP contribution >= 0.6 is 12.2 Å². The molecule has 20 heavy (non-hydrogen) atoms. The van der Waals surface area contributed by atoms with Gasteiger partial charge < -0.3 is 5.73 Å². The van der Waals surface area contributed by atoms with Gasteiger partial charge in [-0.25, -0.2) is 18.4 Å². The third-order valence-corrected chi connectivity index (χ3v) is 3.90. The largest absolute Gasteiger partial charge is 0.389 e. The minimum Gasteiger partial charge on any atom is -0.389 e. The van der Waals surface area contributed by atoms with Crippen LogP contribution in [0.3, 0.4) is 0 Å². The Morgan fingerprint density at radius 2 is 2.00 bits per heavy atom. The average Bonchev–Trinajstić information content (AvgIpc) is 2.39. The number of nitrogens with zero attached hydrogens (tertiary/aromatic N) is 2. The van der Waals surface area contributed by atoms with Crippen LogP contribution in [-0.2, 0) is 15.8 Å². The molecule has 0 amide bonds. The average molecular weight is 308 g/mol. The van der Waals surface area contributed by atoms with Crippen molar-refractivity contribution in [2.45, 2.75) is 5.75 Å². The summed E-state index contributed by atoms with van der Waals surface area (Å²) in [5.74, 6) is -0.182. The Morgan fingerprint density at radius 1 is 1.30 bits per heavy atom. The van der Waals surface area contributed by atoms with E-state index < -0.39 is 10.0 Å². The third-order valence-electron chi connectivity index (χ3n) is 2.40. The first-order chi connectivity index (χ1) is 9.46. The van der Waals surface area contributed by atoms with E-state index in [4.69, 9.17) is 18.0 Å². The molecule has 0 unspecified atom stereocenters. The van der Waals surface area contributed by atoms with Gasteiger partial charge in [-0.2, -0.15) is 0 Å². The second-order valence-corrected chi connectivity index (χ2v) is 6.22. The number of nitrogens with one attached hydrogen (secondary N) is 1. The molecule has 2 rings (SSSR count). The lowest BCUT2D eigenvalue weighted by molar-refractivity contribution is 0.600. The molecule has 0 aliphatic rings. The smallest absolute Gasteiger partial charge is 0.237 e.